The van der Waals surface area contributed by atoms with E-state index in [1.165, 1.54) is 173 Å². The van der Waals surface area contributed by atoms with Crippen LogP contribution in [0.15, 0.2) is 24.3 Å². The smallest absolute Gasteiger partial charge is 0.397 e. The maximum atomic E-state index is 13.8. The Morgan fingerprint density at radius 3 is 1.11 bits per heavy atom. The first-order chi connectivity index (χ1) is 44.3. The molecule has 0 unspecified atom stereocenters. The quantitative estimate of drug-likeness (QED) is 0.0191. The SMILES string of the molecule is CCCCC/C=C\C/C=C\CCCCCCCC(=O)OC[C@H](CO[C@H]1O[C@H](COS(=O)(=O)O)[C@@H](O)[C@H](OC(=O)CCCCCCCCCCCCCCC)[C@H]1OC(=O)CCCCCCCCCCCCCCC)OC(=O)CCCCCCCCCCCCCCC. The molecule has 1 aliphatic rings. The van der Waals surface area contributed by atoms with Crippen molar-refractivity contribution in [3.8, 4) is 0 Å². The van der Waals surface area contributed by atoms with Crippen molar-refractivity contribution in [3.63, 3.8) is 0 Å². The van der Waals surface area contributed by atoms with Crippen molar-refractivity contribution in [2.75, 3.05) is 19.8 Å². The van der Waals surface area contributed by atoms with Gasteiger partial charge in [-0.1, -0.05) is 315 Å². The van der Waals surface area contributed by atoms with Crippen LogP contribution < -0.4 is 0 Å². The molecular weight excluding hydrogens is 1170 g/mol. The summed E-state index contributed by atoms with van der Waals surface area (Å²) in [6, 6.07) is 0. The zero-order valence-corrected chi connectivity index (χ0v) is 59.5. The third kappa shape index (κ3) is 55.0. The Balaban J connectivity index is 3.18. The summed E-state index contributed by atoms with van der Waals surface area (Å²) in [5.41, 5.74) is 0. The molecule has 91 heavy (non-hydrogen) atoms. The van der Waals surface area contributed by atoms with Crippen LogP contribution in [0.25, 0.3) is 0 Å². The summed E-state index contributed by atoms with van der Waals surface area (Å²) >= 11 is 0. The summed E-state index contributed by atoms with van der Waals surface area (Å²) in [7, 11) is -5.03. The van der Waals surface area contributed by atoms with Crippen molar-refractivity contribution in [2.24, 2.45) is 0 Å². The highest BCUT2D eigenvalue weighted by Crippen LogP contribution is 2.30. The first-order valence-corrected chi connectivity index (χ1v) is 39.3. The molecule has 2 N–H and O–H groups in total. The Hall–Kier alpha value is -2.89. The number of aliphatic hydroxyl groups excluding tert-OH is 1. The molecular formula is C75H138O15S. The summed E-state index contributed by atoms with van der Waals surface area (Å²) in [5.74, 6) is -2.29. The van der Waals surface area contributed by atoms with Crippen LogP contribution in [0.1, 0.15) is 374 Å². The van der Waals surface area contributed by atoms with Crippen molar-refractivity contribution in [1.29, 1.82) is 0 Å². The standard InChI is InChI=1S/C75H138O15S/c1-5-9-13-17-21-25-29-33-34-38-39-43-47-51-55-59-68(76)84-63-66(87-69(77)60-56-52-48-44-40-35-30-26-22-18-14-10-6-2)64-85-75-74(90-71(79)62-58-54-50-46-42-37-32-28-24-20-16-12-8-4)73(72(80)67(88-75)65-86-91(81,82)83)89-70(78)61-57-53-49-45-41-36-31-27-23-19-15-11-7-3/h21,25,33-34,66-67,72-75,80H,5-20,22-24,26-32,35-65H2,1-4H3,(H,81,82,83)/b25-21-,34-33-/t66-,67-,72-,73+,74-,75+/m1/s1. The molecule has 0 amide bonds. The van der Waals surface area contributed by atoms with E-state index in [1.807, 2.05) is 0 Å². The lowest BCUT2D eigenvalue weighted by molar-refractivity contribution is -0.309. The minimum atomic E-state index is -5.03. The number of carbonyl (C=O) groups is 4. The Labute approximate surface area is 556 Å². The summed E-state index contributed by atoms with van der Waals surface area (Å²) in [4.78, 5) is 54.2. The van der Waals surface area contributed by atoms with Gasteiger partial charge in [0.05, 0.1) is 13.2 Å². The normalized spacial score (nSPS) is 17.3. The molecule has 0 aromatic rings. The van der Waals surface area contributed by atoms with Gasteiger partial charge in [0.25, 0.3) is 0 Å². The van der Waals surface area contributed by atoms with Crippen molar-refractivity contribution in [1.82, 2.24) is 0 Å². The second-order valence-corrected chi connectivity index (χ2v) is 27.3. The molecule has 16 heteroatoms. The molecule has 1 rings (SSSR count). The molecule has 1 aliphatic heterocycles. The lowest BCUT2D eigenvalue weighted by Crippen LogP contribution is -2.62. The van der Waals surface area contributed by atoms with Crippen LogP contribution in [0, 0.1) is 0 Å². The van der Waals surface area contributed by atoms with Gasteiger partial charge < -0.3 is 33.5 Å². The van der Waals surface area contributed by atoms with Gasteiger partial charge in [0.1, 0.15) is 18.8 Å². The molecule has 1 fully saturated rings. The number of allylic oxidation sites excluding steroid dienone is 4. The van der Waals surface area contributed by atoms with E-state index in [-0.39, 0.29) is 32.3 Å². The Morgan fingerprint density at radius 1 is 0.407 bits per heavy atom. The minimum Gasteiger partial charge on any atom is -0.462 e. The van der Waals surface area contributed by atoms with Crippen molar-refractivity contribution < 1.29 is 69.9 Å². The number of ether oxygens (including phenoxy) is 6. The van der Waals surface area contributed by atoms with Crippen LogP contribution in [-0.4, -0.2) is 98.6 Å². The third-order valence-corrected chi connectivity index (χ3v) is 17.9. The fraction of sp³-hybridized carbons (Fsp3) is 0.893. The minimum absolute atomic E-state index is 0.0109. The monoisotopic (exact) mass is 1310 g/mol. The summed E-state index contributed by atoms with van der Waals surface area (Å²) in [6.07, 6.45) is 55.6. The van der Waals surface area contributed by atoms with E-state index in [2.05, 4.69) is 56.2 Å². The largest absolute Gasteiger partial charge is 0.462 e. The van der Waals surface area contributed by atoms with Crippen LogP contribution in [0.5, 0.6) is 0 Å². The van der Waals surface area contributed by atoms with Gasteiger partial charge >= 0.3 is 34.3 Å². The number of esters is 4. The van der Waals surface area contributed by atoms with Gasteiger partial charge in [-0.2, -0.15) is 8.42 Å². The van der Waals surface area contributed by atoms with Crippen LogP contribution in [-0.2, 0) is 62.2 Å². The zero-order valence-electron chi connectivity index (χ0n) is 58.7. The molecule has 0 saturated carbocycles. The van der Waals surface area contributed by atoms with Gasteiger partial charge in [-0.15, -0.1) is 0 Å². The first-order valence-electron chi connectivity index (χ1n) is 38.0. The first kappa shape index (κ1) is 86.1. The fourth-order valence-corrected chi connectivity index (χ4v) is 12.1. The van der Waals surface area contributed by atoms with E-state index in [1.54, 1.807) is 0 Å². The molecule has 0 aliphatic carbocycles. The second-order valence-electron chi connectivity index (χ2n) is 26.2. The number of aliphatic hydroxyl groups is 1. The predicted molar refractivity (Wildman–Crippen MR) is 369 cm³/mol. The molecule has 0 aromatic heterocycles. The Bertz CT molecular complexity index is 1860. The maximum Gasteiger partial charge on any atom is 0.397 e. The molecule has 0 aromatic carbocycles. The summed E-state index contributed by atoms with van der Waals surface area (Å²) in [6.45, 7) is 7.21. The van der Waals surface area contributed by atoms with Gasteiger partial charge in [-0.25, -0.2) is 4.18 Å². The molecule has 0 spiro atoms. The second kappa shape index (κ2) is 63.2. The average molecular weight is 1310 g/mol. The molecule has 534 valence electrons. The Morgan fingerprint density at radius 2 is 0.725 bits per heavy atom. The van der Waals surface area contributed by atoms with Gasteiger partial charge in [0, 0.05) is 25.7 Å². The Kier molecular flexibility index (Phi) is 59.8. The number of carbonyl (C=O) groups excluding carboxylic acids is 4. The van der Waals surface area contributed by atoms with E-state index in [0.29, 0.717) is 25.7 Å². The van der Waals surface area contributed by atoms with Crippen LogP contribution >= 0.6 is 0 Å². The molecule has 0 radical (unpaired) electrons. The van der Waals surface area contributed by atoms with Crippen molar-refractivity contribution in [3.05, 3.63) is 24.3 Å². The summed E-state index contributed by atoms with van der Waals surface area (Å²) < 4.78 is 74.0. The van der Waals surface area contributed by atoms with Crippen molar-refractivity contribution in [2.45, 2.75) is 411 Å². The maximum absolute atomic E-state index is 13.8. The van der Waals surface area contributed by atoms with Crippen LogP contribution in [0.2, 0.25) is 0 Å². The predicted octanol–water partition coefficient (Wildman–Crippen LogP) is 20.4. The van der Waals surface area contributed by atoms with Gasteiger partial charge in [0.2, 0.25) is 0 Å². The highest BCUT2D eigenvalue weighted by atomic mass is 32.3. The number of unbranched alkanes of at least 4 members (excludes halogenated alkanes) is 44. The highest BCUT2D eigenvalue weighted by Gasteiger charge is 2.51. The molecule has 0 bridgehead atoms. The van der Waals surface area contributed by atoms with E-state index in [9.17, 15) is 37.3 Å². The highest BCUT2D eigenvalue weighted by molar-refractivity contribution is 7.80. The van der Waals surface area contributed by atoms with Crippen molar-refractivity contribution >= 4 is 34.3 Å². The molecule has 15 nitrogen and oxygen atoms in total. The number of rotatable bonds is 67. The van der Waals surface area contributed by atoms with E-state index < -0.39 is 84.3 Å². The lowest BCUT2D eigenvalue weighted by Gasteiger charge is -2.43. The topological polar surface area (TPSA) is 207 Å². The molecule has 1 saturated heterocycles. The summed E-state index contributed by atoms with van der Waals surface area (Å²) in [5, 5.41) is 11.8. The van der Waals surface area contributed by atoms with E-state index in [4.69, 9.17) is 28.4 Å². The molecule has 1 heterocycles. The fourth-order valence-electron chi connectivity index (χ4n) is 11.8. The van der Waals surface area contributed by atoms with Crippen LogP contribution in [0.3, 0.4) is 0 Å². The zero-order chi connectivity index (χ0) is 66.4. The van der Waals surface area contributed by atoms with E-state index in [0.717, 1.165) is 122 Å². The van der Waals surface area contributed by atoms with Gasteiger partial charge in [-0.05, 0) is 57.8 Å². The van der Waals surface area contributed by atoms with Crippen LogP contribution in [0.4, 0.5) is 0 Å². The number of hydrogen-bond donors (Lipinski definition) is 2. The lowest BCUT2D eigenvalue weighted by atomic mass is 9.98. The van der Waals surface area contributed by atoms with Gasteiger partial charge in [-0.3, -0.25) is 23.7 Å². The van der Waals surface area contributed by atoms with E-state index >= 15 is 0 Å². The molecule has 6 atom stereocenters. The van der Waals surface area contributed by atoms with Gasteiger partial charge in [0.15, 0.2) is 24.6 Å². The average Bonchev–Trinajstić information content (AvgIpc) is 1.50. The number of hydrogen-bond acceptors (Lipinski definition) is 14. The third-order valence-electron chi connectivity index (χ3n) is 17.5.